The average Bonchev–Trinajstić information content (AvgIpc) is 2.75. The molecular formula is C21H20O11. The van der Waals surface area contributed by atoms with Crippen LogP contribution in [0.4, 0.5) is 0 Å². The lowest BCUT2D eigenvalue weighted by molar-refractivity contribution is -0.231. The van der Waals surface area contributed by atoms with Crippen molar-refractivity contribution in [1.82, 2.24) is 0 Å². The van der Waals surface area contributed by atoms with Gasteiger partial charge in [0.25, 0.3) is 0 Å². The summed E-state index contributed by atoms with van der Waals surface area (Å²) < 4.78 is 11.0. The van der Waals surface area contributed by atoms with E-state index in [1.54, 1.807) is 0 Å². The molecule has 0 bridgehead atoms. The van der Waals surface area contributed by atoms with Crippen molar-refractivity contribution in [2.75, 3.05) is 6.61 Å². The summed E-state index contributed by atoms with van der Waals surface area (Å²) in [5, 5.41) is 79.5. The fourth-order valence-electron chi connectivity index (χ4n) is 3.80. The third kappa shape index (κ3) is 3.32. The Morgan fingerprint density at radius 3 is 2.22 bits per heavy atom. The van der Waals surface area contributed by atoms with Gasteiger partial charge in [-0.25, -0.2) is 0 Å². The first-order valence-corrected chi connectivity index (χ1v) is 9.48. The highest BCUT2D eigenvalue weighted by Gasteiger charge is 2.46. The van der Waals surface area contributed by atoms with E-state index in [-0.39, 0.29) is 27.7 Å². The van der Waals surface area contributed by atoms with Crippen molar-refractivity contribution in [3.05, 3.63) is 46.3 Å². The highest BCUT2D eigenvalue weighted by molar-refractivity contribution is 5.91. The Bertz CT molecular complexity index is 1230. The SMILES string of the molecule is O=c1c(-c2ccc(O)c(O)c2)coc2c([C@H]3O[C@H](CO)[C@H](O)[C@H](O)[C@H]3O)c(O)cc(O)c12. The third-order valence-corrected chi connectivity index (χ3v) is 5.51. The van der Waals surface area contributed by atoms with Gasteiger partial charge < -0.3 is 50.0 Å². The summed E-state index contributed by atoms with van der Waals surface area (Å²) in [6, 6.07) is 4.44. The van der Waals surface area contributed by atoms with Crippen molar-refractivity contribution in [2.24, 2.45) is 0 Å². The number of aliphatic hydroxyl groups is 4. The molecule has 32 heavy (non-hydrogen) atoms. The van der Waals surface area contributed by atoms with Crippen molar-refractivity contribution in [3.8, 4) is 34.1 Å². The maximum absolute atomic E-state index is 13.1. The van der Waals surface area contributed by atoms with E-state index in [0.29, 0.717) is 0 Å². The zero-order chi connectivity index (χ0) is 23.3. The van der Waals surface area contributed by atoms with Gasteiger partial charge in [0.05, 0.1) is 17.7 Å². The minimum atomic E-state index is -1.77. The van der Waals surface area contributed by atoms with Crippen LogP contribution in [0.2, 0.25) is 0 Å². The molecule has 8 N–H and O–H groups in total. The summed E-state index contributed by atoms with van der Waals surface area (Å²) in [6.45, 7) is -0.712. The summed E-state index contributed by atoms with van der Waals surface area (Å²) >= 11 is 0. The van der Waals surface area contributed by atoms with Crippen LogP contribution in [0, 0.1) is 0 Å². The smallest absolute Gasteiger partial charge is 0.204 e. The van der Waals surface area contributed by atoms with Gasteiger partial charge in [-0.2, -0.15) is 0 Å². The fourth-order valence-corrected chi connectivity index (χ4v) is 3.80. The lowest BCUT2D eigenvalue weighted by Gasteiger charge is -2.40. The molecule has 0 saturated carbocycles. The molecule has 1 saturated heterocycles. The van der Waals surface area contributed by atoms with E-state index < -0.39 is 65.6 Å². The number of aliphatic hydroxyl groups excluding tert-OH is 4. The summed E-state index contributed by atoms with van der Waals surface area (Å²) in [5.41, 5.74) is -1.33. The second-order valence-corrected chi connectivity index (χ2v) is 7.46. The number of rotatable bonds is 3. The zero-order valence-corrected chi connectivity index (χ0v) is 16.3. The summed E-state index contributed by atoms with van der Waals surface area (Å²) in [4.78, 5) is 13.1. The molecule has 170 valence electrons. The molecule has 1 fully saturated rings. The van der Waals surface area contributed by atoms with E-state index in [1.165, 1.54) is 6.07 Å². The van der Waals surface area contributed by atoms with Crippen LogP contribution >= 0.6 is 0 Å². The van der Waals surface area contributed by atoms with Crippen LogP contribution in [-0.4, -0.2) is 71.9 Å². The topological polar surface area (TPSA) is 201 Å². The molecule has 3 aromatic rings. The van der Waals surface area contributed by atoms with Crippen molar-refractivity contribution in [2.45, 2.75) is 30.5 Å². The minimum absolute atomic E-state index is 0.0893. The van der Waals surface area contributed by atoms with Crippen LogP contribution in [0.15, 0.2) is 39.7 Å². The minimum Gasteiger partial charge on any atom is -0.507 e. The maximum atomic E-state index is 13.1. The molecule has 11 heteroatoms. The van der Waals surface area contributed by atoms with Gasteiger partial charge in [-0.1, -0.05) is 6.07 Å². The number of aromatic hydroxyl groups is 4. The Balaban J connectivity index is 1.93. The van der Waals surface area contributed by atoms with Gasteiger partial charge in [0.2, 0.25) is 5.43 Å². The van der Waals surface area contributed by atoms with E-state index in [0.717, 1.165) is 24.5 Å². The summed E-state index contributed by atoms with van der Waals surface area (Å²) in [5.74, 6) is -2.17. The molecular weight excluding hydrogens is 428 g/mol. The van der Waals surface area contributed by atoms with Crippen LogP contribution in [-0.2, 0) is 4.74 Å². The number of ether oxygens (including phenoxy) is 1. The number of fused-ring (bicyclic) bond motifs is 1. The Hall–Kier alpha value is -3.35. The van der Waals surface area contributed by atoms with Crippen LogP contribution < -0.4 is 5.43 Å². The highest BCUT2D eigenvalue weighted by Crippen LogP contribution is 2.43. The highest BCUT2D eigenvalue weighted by atomic mass is 16.5. The Kier molecular flexibility index (Phi) is 5.44. The molecule has 0 amide bonds. The average molecular weight is 448 g/mol. The van der Waals surface area contributed by atoms with Crippen LogP contribution in [0.5, 0.6) is 23.0 Å². The zero-order valence-electron chi connectivity index (χ0n) is 16.3. The molecule has 2 aromatic carbocycles. The van der Waals surface area contributed by atoms with E-state index in [2.05, 4.69) is 0 Å². The normalized spacial score (nSPS) is 25.8. The van der Waals surface area contributed by atoms with Gasteiger partial charge in [0, 0.05) is 6.07 Å². The van der Waals surface area contributed by atoms with Crippen LogP contribution in [0.3, 0.4) is 0 Å². The van der Waals surface area contributed by atoms with E-state index >= 15 is 0 Å². The first-order valence-electron chi connectivity index (χ1n) is 9.48. The molecule has 11 nitrogen and oxygen atoms in total. The van der Waals surface area contributed by atoms with E-state index in [9.17, 15) is 45.6 Å². The largest absolute Gasteiger partial charge is 0.507 e. The predicted molar refractivity (Wildman–Crippen MR) is 107 cm³/mol. The number of benzene rings is 2. The van der Waals surface area contributed by atoms with Gasteiger partial charge in [0.15, 0.2) is 17.1 Å². The second kappa shape index (κ2) is 7.97. The molecule has 2 heterocycles. The summed E-state index contributed by atoms with van der Waals surface area (Å²) in [7, 11) is 0. The number of phenols is 4. The molecule has 0 spiro atoms. The lowest BCUT2D eigenvalue weighted by atomic mass is 9.89. The molecule has 0 aliphatic carbocycles. The molecule has 4 rings (SSSR count). The van der Waals surface area contributed by atoms with Gasteiger partial charge in [-0.15, -0.1) is 0 Å². The van der Waals surface area contributed by atoms with Gasteiger partial charge in [-0.05, 0) is 17.7 Å². The van der Waals surface area contributed by atoms with Crippen LogP contribution in [0.1, 0.15) is 11.7 Å². The van der Waals surface area contributed by atoms with Crippen LogP contribution in [0.25, 0.3) is 22.1 Å². The van der Waals surface area contributed by atoms with Gasteiger partial charge in [0.1, 0.15) is 53.7 Å². The molecule has 1 aromatic heterocycles. The lowest BCUT2D eigenvalue weighted by Crippen LogP contribution is -2.55. The van der Waals surface area contributed by atoms with Gasteiger partial charge in [-0.3, -0.25) is 4.79 Å². The van der Waals surface area contributed by atoms with Crippen molar-refractivity contribution >= 4 is 11.0 Å². The number of hydrogen-bond acceptors (Lipinski definition) is 11. The standard InChI is InChI=1S/C21H20O11/c22-5-13-17(28)18(29)19(30)21(32-13)15-12(26)4-11(25)14-16(27)8(6-31-20(14)15)7-1-2-9(23)10(24)3-7/h1-4,6,13,17-19,21-26,28-30H,5H2/t13-,17+,18+,19-,21-/m1/s1. The first-order chi connectivity index (χ1) is 15.1. The first kappa shape index (κ1) is 21.9. The van der Waals surface area contributed by atoms with E-state index in [4.69, 9.17) is 9.15 Å². The molecule has 1 aliphatic heterocycles. The summed E-state index contributed by atoms with van der Waals surface area (Å²) in [6.07, 6.45) is -6.99. The predicted octanol–water partition coefficient (Wildman–Crippen LogP) is -0.203. The fraction of sp³-hybridized carbons (Fsp3) is 0.286. The van der Waals surface area contributed by atoms with Gasteiger partial charge >= 0.3 is 0 Å². The van der Waals surface area contributed by atoms with Crippen molar-refractivity contribution in [3.63, 3.8) is 0 Å². The molecule has 1 aliphatic rings. The quantitative estimate of drug-likeness (QED) is 0.247. The Labute approximate surface area is 179 Å². The molecule has 0 unspecified atom stereocenters. The second-order valence-electron chi connectivity index (χ2n) is 7.46. The Morgan fingerprint density at radius 2 is 1.56 bits per heavy atom. The maximum Gasteiger partial charge on any atom is 0.204 e. The molecule has 5 atom stereocenters. The number of hydrogen-bond donors (Lipinski definition) is 8. The van der Waals surface area contributed by atoms with E-state index in [1.807, 2.05) is 0 Å². The third-order valence-electron chi connectivity index (χ3n) is 5.51. The van der Waals surface area contributed by atoms with Crippen molar-refractivity contribution < 1.29 is 50.0 Å². The van der Waals surface area contributed by atoms with Crippen molar-refractivity contribution in [1.29, 1.82) is 0 Å². The monoisotopic (exact) mass is 448 g/mol. The number of phenolic OH excluding ortho intramolecular Hbond substituents is 4. The molecule has 0 radical (unpaired) electrons. The Morgan fingerprint density at radius 1 is 0.844 bits per heavy atom.